The van der Waals surface area contributed by atoms with Crippen molar-refractivity contribution in [3.63, 3.8) is 0 Å². The van der Waals surface area contributed by atoms with E-state index >= 15 is 0 Å². The van der Waals surface area contributed by atoms with Gasteiger partial charge in [-0.1, -0.05) is 57.7 Å². The Morgan fingerprint density at radius 3 is 1.59 bits per heavy atom. The Morgan fingerprint density at radius 2 is 1.29 bits per heavy atom. The van der Waals surface area contributed by atoms with E-state index in [1.165, 1.54) is 28.0 Å². The fourth-order valence-electron chi connectivity index (χ4n) is 1.85. The predicted molar refractivity (Wildman–Crippen MR) is 80.0 cm³/mol. The number of fused-ring (bicyclic) bond motifs is 1. The number of hydrogen-bond donors (Lipinski definition) is 0. The van der Waals surface area contributed by atoms with Crippen LogP contribution in [0.25, 0.3) is 24.3 Å². The average Bonchev–Trinajstić information content (AvgIpc) is 2.38. The largest absolute Gasteiger partial charge is 0.0984 e. The number of benzene rings is 1. The Balaban J connectivity index is 0.000000437. The van der Waals surface area contributed by atoms with Gasteiger partial charge in [0.25, 0.3) is 0 Å². The molecule has 1 aliphatic carbocycles. The van der Waals surface area contributed by atoms with Crippen LogP contribution in [0.5, 0.6) is 0 Å². The highest BCUT2D eigenvalue weighted by Crippen LogP contribution is 2.08. The van der Waals surface area contributed by atoms with Gasteiger partial charge in [0.1, 0.15) is 0 Å². The second kappa shape index (κ2) is 6.90. The van der Waals surface area contributed by atoms with Crippen LogP contribution >= 0.6 is 0 Å². The van der Waals surface area contributed by atoms with E-state index in [2.05, 4.69) is 51.3 Å². The molecule has 17 heavy (non-hydrogen) atoms. The Bertz CT molecular complexity index is 457. The van der Waals surface area contributed by atoms with Gasteiger partial charge in [-0.25, -0.2) is 0 Å². The minimum Gasteiger partial charge on any atom is -0.0984 e. The zero-order valence-corrected chi connectivity index (χ0v) is 11.0. The van der Waals surface area contributed by atoms with Crippen molar-refractivity contribution in [2.75, 3.05) is 0 Å². The molecule has 0 atom stereocenters. The minimum atomic E-state index is 1.15. The lowest BCUT2D eigenvalue weighted by molar-refractivity contribution is 1.09. The first kappa shape index (κ1) is 13.5. The molecule has 1 aromatic rings. The van der Waals surface area contributed by atoms with E-state index in [0.29, 0.717) is 0 Å². The van der Waals surface area contributed by atoms with Gasteiger partial charge in [0.2, 0.25) is 0 Å². The first-order chi connectivity index (χ1) is 8.26. The Morgan fingerprint density at radius 1 is 0.941 bits per heavy atom. The van der Waals surface area contributed by atoms with Crippen LogP contribution in [0.15, 0.2) is 25.3 Å². The molecule has 1 aromatic carbocycles. The molecule has 0 amide bonds. The normalized spacial score (nSPS) is 12.1. The van der Waals surface area contributed by atoms with Crippen molar-refractivity contribution in [3.05, 3.63) is 46.9 Å². The van der Waals surface area contributed by atoms with Gasteiger partial charge in [-0.3, -0.25) is 0 Å². The van der Waals surface area contributed by atoms with Crippen LogP contribution < -0.4 is 10.4 Å². The quantitative estimate of drug-likeness (QED) is 0.720. The van der Waals surface area contributed by atoms with E-state index in [1.807, 2.05) is 12.2 Å². The molecule has 0 saturated carbocycles. The maximum absolute atomic E-state index is 3.82. The van der Waals surface area contributed by atoms with Crippen LogP contribution in [0.2, 0.25) is 0 Å². The summed E-state index contributed by atoms with van der Waals surface area (Å²) in [6, 6.07) is 4.38. The predicted octanol–water partition coefficient (Wildman–Crippen LogP) is 3.74. The Kier molecular flexibility index (Phi) is 5.48. The lowest BCUT2D eigenvalue weighted by Crippen LogP contribution is -2.27. The topological polar surface area (TPSA) is 0 Å². The third-order valence-electron chi connectivity index (χ3n) is 2.62. The van der Waals surface area contributed by atoms with Crippen molar-refractivity contribution in [2.24, 2.45) is 0 Å². The molecule has 90 valence electrons. The van der Waals surface area contributed by atoms with Gasteiger partial charge in [0, 0.05) is 0 Å². The van der Waals surface area contributed by atoms with Gasteiger partial charge in [-0.05, 0) is 46.5 Å². The highest BCUT2D eigenvalue weighted by molar-refractivity contribution is 5.64. The van der Waals surface area contributed by atoms with Gasteiger partial charge in [0.05, 0.1) is 0 Å². The molecule has 0 heteroatoms. The monoisotopic (exact) mass is 226 g/mol. The van der Waals surface area contributed by atoms with E-state index in [-0.39, 0.29) is 0 Å². The standard InChI is InChI=1S/C14H14.C3H8/c1-3-11-9-13-7-5-6-8-14(13)10-12(11)4-2;1-3-2/h3-4,7-10H,1-2,5-6H2;3H2,1-2H3. The van der Waals surface area contributed by atoms with E-state index in [1.54, 1.807) is 0 Å². The summed E-state index contributed by atoms with van der Waals surface area (Å²) >= 11 is 0. The van der Waals surface area contributed by atoms with Crippen molar-refractivity contribution in [3.8, 4) is 0 Å². The van der Waals surface area contributed by atoms with Crippen LogP contribution in [0, 0.1) is 0 Å². The summed E-state index contributed by atoms with van der Waals surface area (Å²) in [7, 11) is 0. The second-order valence-electron chi connectivity index (χ2n) is 4.21. The van der Waals surface area contributed by atoms with Crippen LogP contribution in [0.4, 0.5) is 0 Å². The summed E-state index contributed by atoms with van der Waals surface area (Å²) in [5.74, 6) is 0. The molecular weight excluding hydrogens is 204 g/mol. The van der Waals surface area contributed by atoms with E-state index in [4.69, 9.17) is 0 Å². The van der Waals surface area contributed by atoms with Crippen molar-refractivity contribution < 1.29 is 0 Å². The molecule has 0 heterocycles. The van der Waals surface area contributed by atoms with Crippen LogP contribution in [0.1, 0.15) is 44.2 Å². The SMILES string of the molecule is C=Cc1cc2c(cc1C=C)=CCCC=2.CCC. The van der Waals surface area contributed by atoms with Crippen LogP contribution in [0.3, 0.4) is 0 Å². The maximum Gasteiger partial charge on any atom is -0.0184 e. The van der Waals surface area contributed by atoms with Crippen molar-refractivity contribution in [1.29, 1.82) is 0 Å². The summed E-state index contributed by atoms with van der Waals surface area (Å²) < 4.78 is 0. The molecule has 1 aliphatic rings. The van der Waals surface area contributed by atoms with E-state index < -0.39 is 0 Å². The molecule has 2 rings (SSSR count). The van der Waals surface area contributed by atoms with Gasteiger partial charge in [-0.2, -0.15) is 0 Å². The zero-order chi connectivity index (χ0) is 12.7. The molecule has 0 saturated heterocycles. The van der Waals surface area contributed by atoms with Gasteiger partial charge in [0.15, 0.2) is 0 Å². The summed E-state index contributed by atoms with van der Waals surface area (Å²) in [6.07, 6.45) is 11.9. The fraction of sp³-hybridized carbons (Fsp3) is 0.294. The van der Waals surface area contributed by atoms with Crippen molar-refractivity contribution in [2.45, 2.75) is 33.1 Å². The molecule has 0 radical (unpaired) electrons. The molecule has 0 aromatic heterocycles. The highest BCUT2D eigenvalue weighted by atomic mass is 14.0. The summed E-state index contributed by atoms with van der Waals surface area (Å²) in [5.41, 5.74) is 2.34. The average molecular weight is 226 g/mol. The van der Waals surface area contributed by atoms with E-state index in [9.17, 15) is 0 Å². The summed E-state index contributed by atoms with van der Waals surface area (Å²) in [4.78, 5) is 0. The smallest absolute Gasteiger partial charge is 0.0184 e. The third-order valence-corrected chi connectivity index (χ3v) is 2.62. The van der Waals surface area contributed by atoms with E-state index in [0.717, 1.165) is 12.8 Å². The maximum atomic E-state index is 3.82. The molecule has 0 spiro atoms. The molecule has 0 unspecified atom stereocenters. The first-order valence-electron chi connectivity index (χ1n) is 6.36. The third kappa shape index (κ3) is 3.45. The number of hydrogen-bond acceptors (Lipinski definition) is 0. The summed E-state index contributed by atoms with van der Waals surface area (Å²) in [5, 5.41) is 2.66. The second-order valence-corrected chi connectivity index (χ2v) is 4.21. The van der Waals surface area contributed by atoms with Crippen LogP contribution in [-0.2, 0) is 0 Å². The molecular formula is C17H22. The molecule has 0 nitrogen and oxygen atoms in total. The van der Waals surface area contributed by atoms with Gasteiger partial charge >= 0.3 is 0 Å². The van der Waals surface area contributed by atoms with Crippen molar-refractivity contribution >= 4 is 24.3 Å². The highest BCUT2D eigenvalue weighted by Gasteiger charge is 1.98. The Hall–Kier alpha value is -1.56. The molecule has 0 N–H and O–H groups in total. The minimum absolute atomic E-state index is 1.15. The Labute approximate surface area is 105 Å². The zero-order valence-electron chi connectivity index (χ0n) is 11.0. The molecule has 0 fully saturated rings. The first-order valence-corrected chi connectivity index (χ1v) is 6.36. The number of rotatable bonds is 2. The molecule has 0 bridgehead atoms. The fourth-order valence-corrected chi connectivity index (χ4v) is 1.85. The van der Waals surface area contributed by atoms with Crippen molar-refractivity contribution in [1.82, 2.24) is 0 Å². The van der Waals surface area contributed by atoms with Gasteiger partial charge < -0.3 is 0 Å². The lowest BCUT2D eigenvalue weighted by atomic mass is 10.0. The van der Waals surface area contributed by atoms with Gasteiger partial charge in [-0.15, -0.1) is 0 Å². The van der Waals surface area contributed by atoms with Crippen LogP contribution in [-0.4, -0.2) is 0 Å². The lowest BCUT2D eigenvalue weighted by Gasteiger charge is -2.05. The summed E-state index contributed by atoms with van der Waals surface area (Å²) in [6.45, 7) is 11.9. The molecule has 0 aliphatic heterocycles.